The lowest BCUT2D eigenvalue weighted by Gasteiger charge is -2.13. The molecule has 0 spiro atoms. The maximum Gasteiger partial charge on any atom is 0.235 e. The molecule has 1 saturated heterocycles. The second-order valence-electron chi connectivity index (χ2n) is 4.18. The van der Waals surface area contributed by atoms with Gasteiger partial charge in [0, 0.05) is 18.8 Å². The van der Waals surface area contributed by atoms with Crippen LogP contribution in [0.15, 0.2) is 6.20 Å². The average molecular weight is 286 g/mol. The lowest BCUT2D eigenvalue weighted by molar-refractivity contribution is -0.117. The predicted molar refractivity (Wildman–Crippen MR) is 67.9 cm³/mol. The van der Waals surface area contributed by atoms with Gasteiger partial charge in [0.25, 0.3) is 0 Å². The minimum atomic E-state index is -0.0319. The molecule has 1 aliphatic rings. The monoisotopic (exact) mass is 285 g/mol. The zero-order valence-corrected chi connectivity index (χ0v) is 10.7. The molecule has 0 radical (unpaired) electrons. The highest BCUT2D eigenvalue weighted by molar-refractivity contribution is 6.34. The minimum absolute atomic E-state index is 0.0319. The maximum absolute atomic E-state index is 11.8. The maximum atomic E-state index is 11.8. The third-order valence-electron chi connectivity index (χ3n) is 2.92. The summed E-state index contributed by atoms with van der Waals surface area (Å²) in [6, 6.07) is 0. The van der Waals surface area contributed by atoms with E-state index in [1.165, 1.54) is 4.90 Å². The summed E-state index contributed by atoms with van der Waals surface area (Å²) in [5.41, 5.74) is 0.520. The molecule has 6 nitrogen and oxygen atoms in total. The van der Waals surface area contributed by atoms with Gasteiger partial charge < -0.3 is 0 Å². The van der Waals surface area contributed by atoms with Crippen LogP contribution in [0.5, 0.6) is 0 Å². The highest BCUT2D eigenvalue weighted by atomic mass is 35.5. The molecule has 1 aliphatic heterocycles. The van der Waals surface area contributed by atoms with Crippen LogP contribution >= 0.6 is 23.2 Å². The van der Waals surface area contributed by atoms with Gasteiger partial charge in [-0.15, -0.1) is 11.6 Å². The molecule has 1 amide bonds. The number of hydrogen-bond donors (Lipinski definition) is 1. The molecule has 1 N–H and O–H groups in total. The summed E-state index contributed by atoms with van der Waals surface area (Å²) in [5, 5.41) is 7.48. The van der Waals surface area contributed by atoms with Gasteiger partial charge in [0.15, 0.2) is 5.65 Å². The van der Waals surface area contributed by atoms with E-state index in [1.54, 1.807) is 6.20 Å². The van der Waals surface area contributed by atoms with Crippen LogP contribution in [0.4, 0.5) is 5.95 Å². The van der Waals surface area contributed by atoms with Crippen LogP contribution in [-0.4, -0.2) is 38.5 Å². The molecule has 0 aliphatic carbocycles. The van der Waals surface area contributed by atoms with Crippen molar-refractivity contribution in [3.63, 3.8) is 0 Å². The largest absolute Gasteiger partial charge is 0.280 e. The Morgan fingerprint density at radius 1 is 1.50 bits per heavy atom. The molecule has 18 heavy (non-hydrogen) atoms. The molecule has 2 aromatic rings. The van der Waals surface area contributed by atoms with E-state index in [9.17, 15) is 4.79 Å². The van der Waals surface area contributed by atoms with Crippen LogP contribution in [0, 0.1) is 5.92 Å². The number of aromatic nitrogens is 4. The van der Waals surface area contributed by atoms with E-state index in [2.05, 4.69) is 20.2 Å². The van der Waals surface area contributed by atoms with E-state index in [0.29, 0.717) is 35.8 Å². The molecule has 0 aromatic carbocycles. The number of nitrogens with zero attached hydrogens (tertiary/aromatic N) is 4. The van der Waals surface area contributed by atoms with E-state index in [1.807, 2.05) is 0 Å². The standard InChI is InChI=1S/C10H9Cl2N5O/c11-2-5-1-7(18)17(4-5)10-14-8(12)6-3-13-16-9(6)15-10/h3,5H,1-2,4H2,(H,13,14,15,16). The molecule has 0 bridgehead atoms. The summed E-state index contributed by atoms with van der Waals surface area (Å²) in [5.74, 6) is 0.853. The Morgan fingerprint density at radius 3 is 3.06 bits per heavy atom. The number of halogens is 2. The van der Waals surface area contributed by atoms with Gasteiger partial charge in [0.1, 0.15) is 5.15 Å². The highest BCUT2D eigenvalue weighted by Gasteiger charge is 2.32. The third-order valence-corrected chi connectivity index (χ3v) is 3.64. The van der Waals surface area contributed by atoms with Crippen LogP contribution in [0.2, 0.25) is 5.15 Å². The summed E-state index contributed by atoms with van der Waals surface area (Å²) >= 11 is 11.8. The fraction of sp³-hybridized carbons (Fsp3) is 0.400. The van der Waals surface area contributed by atoms with Crippen molar-refractivity contribution in [2.24, 2.45) is 5.92 Å². The quantitative estimate of drug-likeness (QED) is 0.672. The third kappa shape index (κ3) is 1.81. The van der Waals surface area contributed by atoms with E-state index in [-0.39, 0.29) is 17.0 Å². The lowest BCUT2D eigenvalue weighted by atomic mass is 10.2. The fourth-order valence-corrected chi connectivity index (χ4v) is 2.41. The summed E-state index contributed by atoms with van der Waals surface area (Å²) in [7, 11) is 0. The van der Waals surface area contributed by atoms with Gasteiger partial charge >= 0.3 is 0 Å². The number of nitrogens with one attached hydrogen (secondary N) is 1. The fourth-order valence-electron chi connectivity index (χ4n) is 1.99. The zero-order chi connectivity index (χ0) is 12.7. The Balaban J connectivity index is 2.01. The van der Waals surface area contributed by atoms with Crippen molar-refractivity contribution < 1.29 is 4.79 Å². The van der Waals surface area contributed by atoms with Gasteiger partial charge in [-0.05, 0) is 5.92 Å². The average Bonchev–Trinajstić information content (AvgIpc) is 2.95. The van der Waals surface area contributed by atoms with Crippen molar-refractivity contribution in [2.75, 3.05) is 17.3 Å². The number of alkyl halides is 1. The van der Waals surface area contributed by atoms with Crippen molar-refractivity contribution >= 4 is 46.1 Å². The number of anilines is 1. The summed E-state index contributed by atoms with van der Waals surface area (Å²) in [6.45, 7) is 0.526. The van der Waals surface area contributed by atoms with Crippen LogP contribution in [0.3, 0.4) is 0 Å². The number of fused-ring (bicyclic) bond motifs is 1. The molecule has 8 heteroatoms. The number of aromatic amines is 1. The first kappa shape index (κ1) is 11.7. The normalized spacial score (nSPS) is 20.0. The molecule has 1 unspecified atom stereocenters. The Hall–Kier alpha value is -1.40. The summed E-state index contributed by atoms with van der Waals surface area (Å²) < 4.78 is 0. The summed E-state index contributed by atoms with van der Waals surface area (Å²) in [6.07, 6.45) is 1.97. The van der Waals surface area contributed by atoms with Gasteiger partial charge in [0.2, 0.25) is 11.9 Å². The van der Waals surface area contributed by atoms with Gasteiger partial charge in [-0.25, -0.2) is 0 Å². The van der Waals surface area contributed by atoms with Crippen molar-refractivity contribution in [2.45, 2.75) is 6.42 Å². The molecule has 3 rings (SSSR count). The second-order valence-corrected chi connectivity index (χ2v) is 4.84. The Morgan fingerprint density at radius 2 is 2.33 bits per heavy atom. The smallest absolute Gasteiger partial charge is 0.235 e. The molecular formula is C10H9Cl2N5O. The van der Waals surface area contributed by atoms with Gasteiger partial charge in [-0.3, -0.25) is 14.8 Å². The number of H-pyrrole nitrogens is 1. The van der Waals surface area contributed by atoms with Crippen LogP contribution in [0.1, 0.15) is 6.42 Å². The van der Waals surface area contributed by atoms with Crippen LogP contribution in [0.25, 0.3) is 11.0 Å². The van der Waals surface area contributed by atoms with Crippen molar-refractivity contribution in [1.82, 2.24) is 20.2 Å². The number of amides is 1. The predicted octanol–water partition coefficient (Wildman–Crippen LogP) is 1.60. The van der Waals surface area contributed by atoms with Crippen LogP contribution < -0.4 is 4.90 Å². The zero-order valence-electron chi connectivity index (χ0n) is 9.23. The number of hydrogen-bond acceptors (Lipinski definition) is 4. The van der Waals surface area contributed by atoms with E-state index < -0.39 is 0 Å². The SMILES string of the molecule is O=C1CC(CCl)CN1c1nc(Cl)c2cn[nH]c2n1. The van der Waals surface area contributed by atoms with Gasteiger partial charge in [-0.2, -0.15) is 15.1 Å². The van der Waals surface area contributed by atoms with Crippen molar-refractivity contribution in [3.05, 3.63) is 11.3 Å². The molecule has 3 heterocycles. The molecule has 94 valence electrons. The van der Waals surface area contributed by atoms with Gasteiger partial charge in [0.05, 0.1) is 11.6 Å². The van der Waals surface area contributed by atoms with Gasteiger partial charge in [-0.1, -0.05) is 11.6 Å². The lowest BCUT2D eigenvalue weighted by Crippen LogP contribution is -2.26. The Bertz CT molecular complexity index is 613. The minimum Gasteiger partial charge on any atom is -0.280 e. The first-order chi connectivity index (χ1) is 8.69. The van der Waals surface area contributed by atoms with E-state index in [4.69, 9.17) is 23.2 Å². The second kappa shape index (κ2) is 4.37. The molecular weight excluding hydrogens is 277 g/mol. The Labute approximate surface area is 112 Å². The first-order valence-corrected chi connectivity index (χ1v) is 6.33. The highest BCUT2D eigenvalue weighted by Crippen LogP contribution is 2.26. The number of carbonyl (C=O) groups excluding carboxylic acids is 1. The molecule has 1 atom stereocenters. The molecule has 2 aromatic heterocycles. The Kier molecular flexibility index (Phi) is 2.83. The van der Waals surface area contributed by atoms with E-state index >= 15 is 0 Å². The van der Waals surface area contributed by atoms with Crippen molar-refractivity contribution in [1.29, 1.82) is 0 Å². The topological polar surface area (TPSA) is 74.8 Å². The van der Waals surface area contributed by atoms with E-state index in [0.717, 1.165) is 0 Å². The molecule has 1 fully saturated rings. The van der Waals surface area contributed by atoms with Crippen LogP contribution in [-0.2, 0) is 4.79 Å². The summed E-state index contributed by atoms with van der Waals surface area (Å²) in [4.78, 5) is 21.7. The van der Waals surface area contributed by atoms with Crippen molar-refractivity contribution in [3.8, 4) is 0 Å². The number of rotatable bonds is 2. The molecule has 0 saturated carbocycles. The first-order valence-electron chi connectivity index (χ1n) is 5.42. The number of carbonyl (C=O) groups is 1.